The van der Waals surface area contributed by atoms with Crippen LogP contribution in [0.25, 0.3) is 0 Å². The molecule has 0 aromatic heterocycles. The van der Waals surface area contributed by atoms with Crippen molar-refractivity contribution in [3.8, 4) is 0 Å². The molecule has 2 aliphatic rings. The Morgan fingerprint density at radius 2 is 2.08 bits per heavy atom. The summed E-state index contributed by atoms with van der Waals surface area (Å²) in [6.45, 7) is 1.74. The molecule has 0 amide bonds. The van der Waals surface area contributed by atoms with E-state index in [1.54, 1.807) is 11.6 Å². The summed E-state index contributed by atoms with van der Waals surface area (Å²) in [6.07, 6.45) is -1.18. The summed E-state index contributed by atoms with van der Waals surface area (Å²) in [6, 6.07) is 0.0372. The zero-order chi connectivity index (χ0) is 9.64. The minimum atomic E-state index is -4.29. The molecule has 1 unspecified atom stereocenters. The molecule has 72 valence electrons. The lowest BCUT2D eigenvalue weighted by molar-refractivity contribution is -0.620. The van der Waals surface area contributed by atoms with Crippen LogP contribution in [0.15, 0.2) is 16.9 Å². The molecule has 0 aromatic rings. The first-order chi connectivity index (χ1) is 5.98. The molecule has 1 atom stereocenters. The van der Waals surface area contributed by atoms with E-state index in [-0.39, 0.29) is 12.1 Å². The Morgan fingerprint density at radius 3 is 2.46 bits per heavy atom. The summed E-state index contributed by atoms with van der Waals surface area (Å²) in [7, 11) is 0. The van der Waals surface area contributed by atoms with Gasteiger partial charge in [-0.3, -0.25) is 0 Å². The molecule has 1 aliphatic carbocycles. The first kappa shape index (κ1) is 8.72. The molecule has 1 aliphatic heterocycles. The maximum absolute atomic E-state index is 12.2. The molecule has 0 bridgehead atoms. The fourth-order valence-electron chi connectivity index (χ4n) is 1.46. The highest BCUT2D eigenvalue weighted by Crippen LogP contribution is 2.35. The molecule has 0 saturated heterocycles. The third-order valence-corrected chi connectivity index (χ3v) is 2.25. The molecule has 1 heterocycles. The van der Waals surface area contributed by atoms with Gasteiger partial charge in [-0.15, -0.1) is 4.70 Å². The van der Waals surface area contributed by atoms with Gasteiger partial charge in [0.2, 0.25) is 5.70 Å². The van der Waals surface area contributed by atoms with Gasteiger partial charge in [0.05, 0.1) is 0 Å². The Morgan fingerprint density at radius 1 is 1.46 bits per heavy atom. The van der Waals surface area contributed by atoms with Gasteiger partial charge in [0.25, 0.3) is 0 Å². The minimum Gasteiger partial charge on any atom is -0.164 e. The number of rotatable bonds is 1. The van der Waals surface area contributed by atoms with Crippen molar-refractivity contribution in [3.63, 3.8) is 0 Å². The lowest BCUT2D eigenvalue weighted by Crippen LogP contribution is -2.18. The SMILES string of the molecule is CC1C=C(C(F)(F)F)N=[N+]1C1CC1. The van der Waals surface area contributed by atoms with Crippen LogP contribution in [0.1, 0.15) is 19.8 Å². The normalized spacial score (nSPS) is 28.8. The van der Waals surface area contributed by atoms with E-state index < -0.39 is 11.9 Å². The van der Waals surface area contributed by atoms with E-state index >= 15 is 0 Å². The highest BCUT2D eigenvalue weighted by atomic mass is 19.4. The van der Waals surface area contributed by atoms with E-state index in [1.807, 2.05) is 0 Å². The van der Waals surface area contributed by atoms with Gasteiger partial charge in [-0.1, -0.05) is 0 Å². The van der Waals surface area contributed by atoms with Crippen molar-refractivity contribution in [1.82, 2.24) is 0 Å². The summed E-state index contributed by atoms with van der Waals surface area (Å²) < 4.78 is 38.2. The summed E-state index contributed by atoms with van der Waals surface area (Å²) in [5, 5.41) is 3.57. The number of hydrogen-bond donors (Lipinski definition) is 0. The highest BCUT2D eigenvalue weighted by molar-refractivity contribution is 5.10. The molecule has 13 heavy (non-hydrogen) atoms. The van der Waals surface area contributed by atoms with E-state index in [4.69, 9.17) is 0 Å². The summed E-state index contributed by atoms with van der Waals surface area (Å²) in [5.74, 6) is 0. The number of allylic oxidation sites excluding steroid dienone is 1. The van der Waals surface area contributed by atoms with Gasteiger partial charge in [-0.2, -0.15) is 13.2 Å². The molecule has 0 N–H and O–H groups in total. The van der Waals surface area contributed by atoms with E-state index in [1.165, 1.54) is 6.08 Å². The topological polar surface area (TPSA) is 15.4 Å². The molecule has 1 fully saturated rings. The zero-order valence-electron chi connectivity index (χ0n) is 7.17. The molecule has 0 aromatic carbocycles. The van der Waals surface area contributed by atoms with Crippen molar-refractivity contribution in [1.29, 1.82) is 0 Å². The Kier molecular flexibility index (Phi) is 1.72. The smallest absolute Gasteiger partial charge is 0.164 e. The maximum Gasteiger partial charge on any atom is 0.439 e. The highest BCUT2D eigenvalue weighted by Gasteiger charge is 2.47. The quantitative estimate of drug-likeness (QED) is 0.566. The van der Waals surface area contributed by atoms with E-state index in [0.29, 0.717) is 0 Å². The third kappa shape index (κ3) is 1.59. The lowest BCUT2D eigenvalue weighted by atomic mass is 10.3. The van der Waals surface area contributed by atoms with Gasteiger partial charge in [0.1, 0.15) is 0 Å². The van der Waals surface area contributed by atoms with Gasteiger partial charge in [-0.05, 0) is 5.11 Å². The van der Waals surface area contributed by atoms with Gasteiger partial charge >= 0.3 is 6.18 Å². The number of nitrogens with zero attached hydrogens (tertiary/aromatic N) is 2. The van der Waals surface area contributed by atoms with Crippen LogP contribution in [0.3, 0.4) is 0 Å². The Labute approximate surface area is 73.7 Å². The molecule has 1 saturated carbocycles. The molecule has 0 radical (unpaired) electrons. The largest absolute Gasteiger partial charge is 0.439 e. The van der Waals surface area contributed by atoms with Crippen LogP contribution in [0.5, 0.6) is 0 Å². The summed E-state index contributed by atoms with van der Waals surface area (Å²) in [5.41, 5.74) is -0.744. The number of halogens is 3. The van der Waals surface area contributed by atoms with Crippen molar-refractivity contribution in [2.45, 2.75) is 38.0 Å². The van der Waals surface area contributed by atoms with Gasteiger partial charge in [0.15, 0.2) is 12.1 Å². The molecular formula is C8H10F3N2+. The summed E-state index contributed by atoms with van der Waals surface area (Å²) >= 11 is 0. The first-order valence-corrected chi connectivity index (χ1v) is 4.27. The molecule has 2 rings (SSSR count). The van der Waals surface area contributed by atoms with Crippen LogP contribution in [0, 0.1) is 0 Å². The van der Waals surface area contributed by atoms with Crippen molar-refractivity contribution in [3.05, 3.63) is 11.8 Å². The fourth-order valence-corrected chi connectivity index (χ4v) is 1.46. The fraction of sp³-hybridized carbons (Fsp3) is 0.750. The number of hydrogen-bond acceptors (Lipinski definition) is 1. The van der Waals surface area contributed by atoms with Gasteiger partial charge in [0, 0.05) is 25.8 Å². The van der Waals surface area contributed by atoms with Crippen molar-refractivity contribution in [2.75, 3.05) is 0 Å². The average Bonchev–Trinajstić information content (AvgIpc) is 2.73. The first-order valence-electron chi connectivity index (χ1n) is 4.27. The Balaban J connectivity index is 2.19. The molecular weight excluding hydrogens is 181 g/mol. The van der Waals surface area contributed by atoms with E-state index in [0.717, 1.165) is 12.8 Å². The van der Waals surface area contributed by atoms with Crippen LogP contribution in [0.4, 0.5) is 13.2 Å². The van der Waals surface area contributed by atoms with Crippen molar-refractivity contribution < 1.29 is 17.9 Å². The van der Waals surface area contributed by atoms with E-state index in [9.17, 15) is 13.2 Å². The second-order valence-electron chi connectivity index (χ2n) is 3.50. The van der Waals surface area contributed by atoms with E-state index in [2.05, 4.69) is 5.11 Å². The van der Waals surface area contributed by atoms with Crippen molar-refractivity contribution in [2.24, 2.45) is 5.11 Å². The van der Waals surface area contributed by atoms with Crippen molar-refractivity contribution >= 4 is 0 Å². The van der Waals surface area contributed by atoms with Crippen LogP contribution >= 0.6 is 0 Å². The average molecular weight is 191 g/mol. The second-order valence-corrected chi connectivity index (χ2v) is 3.50. The predicted molar refractivity (Wildman–Crippen MR) is 39.3 cm³/mol. The van der Waals surface area contributed by atoms with Gasteiger partial charge in [-0.25, -0.2) is 0 Å². The molecule has 5 heteroatoms. The third-order valence-electron chi connectivity index (χ3n) is 2.25. The Bertz CT molecular complexity index is 286. The monoisotopic (exact) mass is 191 g/mol. The van der Waals surface area contributed by atoms with Crippen LogP contribution < -0.4 is 0 Å². The molecule has 0 spiro atoms. The predicted octanol–water partition coefficient (Wildman–Crippen LogP) is 2.46. The van der Waals surface area contributed by atoms with Crippen LogP contribution in [-0.2, 0) is 0 Å². The minimum absolute atomic E-state index is 0.205. The second kappa shape index (κ2) is 2.56. The number of alkyl halides is 3. The summed E-state index contributed by atoms with van der Waals surface area (Å²) in [4.78, 5) is 0. The zero-order valence-corrected chi connectivity index (χ0v) is 7.17. The maximum atomic E-state index is 12.2. The van der Waals surface area contributed by atoms with Crippen LogP contribution in [0.2, 0.25) is 0 Å². The lowest BCUT2D eigenvalue weighted by Gasteiger charge is -1.98. The standard InChI is InChI=1S/C8H10F3N2/c1-5-4-7(8(9,10)11)12-13(5)6-2-3-6/h4-6H,2-3H2,1H3/q+1. The number of azo groups is 2. The molecule has 2 nitrogen and oxygen atoms in total. The van der Waals surface area contributed by atoms with Gasteiger partial charge < -0.3 is 0 Å². The van der Waals surface area contributed by atoms with Crippen LogP contribution in [-0.4, -0.2) is 23.0 Å². The Hall–Kier alpha value is -0.870.